The van der Waals surface area contributed by atoms with Crippen LogP contribution in [0.5, 0.6) is 0 Å². The molecule has 0 saturated carbocycles. The van der Waals surface area contributed by atoms with Crippen LogP contribution >= 0.6 is 0 Å². The summed E-state index contributed by atoms with van der Waals surface area (Å²) in [6.07, 6.45) is 5.16. The Morgan fingerprint density at radius 3 is 2.57 bits per heavy atom. The molecule has 1 N–H and O–H groups in total. The lowest BCUT2D eigenvalue weighted by Crippen LogP contribution is -2.04. The third-order valence-electron chi connectivity index (χ3n) is 3.87. The summed E-state index contributed by atoms with van der Waals surface area (Å²) in [5.41, 5.74) is 5.05. The van der Waals surface area contributed by atoms with Gasteiger partial charge in [-0.05, 0) is 42.3 Å². The minimum Gasteiger partial charge on any atom is -0.328 e. The van der Waals surface area contributed by atoms with Gasteiger partial charge in [-0.25, -0.2) is 4.98 Å². The van der Waals surface area contributed by atoms with Gasteiger partial charge in [0.2, 0.25) is 0 Å². The fourth-order valence-corrected chi connectivity index (χ4v) is 2.72. The smallest absolute Gasteiger partial charge is 0.140 e. The summed E-state index contributed by atoms with van der Waals surface area (Å²) >= 11 is 0. The summed E-state index contributed by atoms with van der Waals surface area (Å²) in [5, 5.41) is 4.46. The van der Waals surface area contributed by atoms with Crippen LogP contribution in [0.2, 0.25) is 0 Å². The Bertz CT molecular complexity index is 726. The van der Waals surface area contributed by atoms with Gasteiger partial charge in [-0.15, -0.1) is 0 Å². The number of nitrogens with zero attached hydrogens (tertiary/aromatic N) is 2. The molecule has 1 aromatic carbocycles. The van der Waals surface area contributed by atoms with Crippen molar-refractivity contribution >= 4 is 11.0 Å². The largest absolute Gasteiger partial charge is 0.328 e. The van der Waals surface area contributed by atoms with Crippen molar-refractivity contribution in [3.8, 4) is 0 Å². The van der Waals surface area contributed by atoms with Crippen molar-refractivity contribution < 1.29 is 0 Å². The fourth-order valence-electron chi connectivity index (χ4n) is 2.72. The molecule has 0 spiro atoms. The maximum atomic E-state index is 4.55. The van der Waals surface area contributed by atoms with E-state index in [1.165, 1.54) is 22.1 Å². The zero-order valence-electron chi connectivity index (χ0n) is 12.6. The highest BCUT2D eigenvalue weighted by atomic mass is 15.0. The first-order valence-corrected chi connectivity index (χ1v) is 7.47. The van der Waals surface area contributed by atoms with Gasteiger partial charge in [-0.2, -0.15) is 0 Å². The molecular formula is C18H21N3. The van der Waals surface area contributed by atoms with Crippen molar-refractivity contribution in [1.82, 2.24) is 14.9 Å². The third-order valence-corrected chi connectivity index (χ3v) is 3.87. The van der Waals surface area contributed by atoms with Crippen molar-refractivity contribution in [3.05, 3.63) is 65.5 Å². The van der Waals surface area contributed by atoms with E-state index in [2.05, 4.69) is 58.3 Å². The first-order chi connectivity index (χ1) is 10.3. The van der Waals surface area contributed by atoms with Crippen molar-refractivity contribution in [2.75, 3.05) is 7.05 Å². The van der Waals surface area contributed by atoms with Crippen LogP contribution in [0.4, 0.5) is 0 Å². The van der Waals surface area contributed by atoms with Gasteiger partial charge >= 0.3 is 0 Å². The van der Waals surface area contributed by atoms with Crippen molar-refractivity contribution in [2.45, 2.75) is 26.4 Å². The van der Waals surface area contributed by atoms with Gasteiger partial charge in [0, 0.05) is 30.9 Å². The molecule has 0 aliphatic carbocycles. The zero-order valence-corrected chi connectivity index (χ0v) is 12.6. The van der Waals surface area contributed by atoms with E-state index in [-0.39, 0.29) is 0 Å². The first kappa shape index (κ1) is 13.8. The van der Waals surface area contributed by atoms with Crippen LogP contribution in [0.25, 0.3) is 11.0 Å². The van der Waals surface area contributed by atoms with Gasteiger partial charge in [0.05, 0.1) is 0 Å². The molecule has 2 aromatic heterocycles. The highest BCUT2D eigenvalue weighted by Gasteiger charge is 2.08. The first-order valence-electron chi connectivity index (χ1n) is 7.47. The summed E-state index contributed by atoms with van der Waals surface area (Å²) in [4.78, 5) is 4.55. The monoisotopic (exact) mass is 279 g/mol. The van der Waals surface area contributed by atoms with E-state index in [9.17, 15) is 0 Å². The summed E-state index contributed by atoms with van der Waals surface area (Å²) in [6, 6.07) is 13.0. The maximum absolute atomic E-state index is 4.55. The molecule has 0 fully saturated rings. The average molecular weight is 279 g/mol. The molecule has 3 rings (SSSR count). The van der Waals surface area contributed by atoms with E-state index >= 15 is 0 Å². The minimum atomic E-state index is 0.862. The Balaban J connectivity index is 1.95. The zero-order chi connectivity index (χ0) is 14.7. The van der Waals surface area contributed by atoms with Crippen molar-refractivity contribution in [3.63, 3.8) is 0 Å². The topological polar surface area (TPSA) is 29.9 Å². The maximum Gasteiger partial charge on any atom is 0.140 e. The molecule has 0 aliphatic heterocycles. The number of fused-ring (bicyclic) bond motifs is 1. The number of rotatable bonds is 5. The molecule has 0 amide bonds. The Hall–Kier alpha value is -2.13. The molecule has 3 aromatic rings. The number of hydrogen-bond acceptors (Lipinski definition) is 2. The molecular weight excluding hydrogens is 258 g/mol. The Morgan fingerprint density at radius 1 is 1.10 bits per heavy atom. The Kier molecular flexibility index (Phi) is 4.02. The standard InChI is InChI=1S/C18H21N3/c1-3-14-6-8-15(9-7-14)12-21-13-16(11-19-2)17-5-4-10-20-18(17)21/h4-10,13,19H,3,11-12H2,1-2H3. The van der Waals surface area contributed by atoms with Gasteiger partial charge in [0.15, 0.2) is 0 Å². The molecule has 108 valence electrons. The summed E-state index contributed by atoms with van der Waals surface area (Å²) in [6.45, 7) is 3.91. The molecule has 21 heavy (non-hydrogen) atoms. The summed E-state index contributed by atoms with van der Waals surface area (Å²) in [7, 11) is 1.98. The predicted molar refractivity (Wildman–Crippen MR) is 87.4 cm³/mol. The van der Waals surface area contributed by atoms with Gasteiger partial charge in [0.1, 0.15) is 5.65 Å². The number of nitrogens with one attached hydrogen (secondary N) is 1. The molecule has 3 nitrogen and oxygen atoms in total. The number of aromatic nitrogens is 2. The van der Waals surface area contributed by atoms with Gasteiger partial charge in [-0.1, -0.05) is 31.2 Å². The van der Waals surface area contributed by atoms with E-state index in [4.69, 9.17) is 0 Å². The summed E-state index contributed by atoms with van der Waals surface area (Å²) in [5.74, 6) is 0. The van der Waals surface area contributed by atoms with E-state index in [1.807, 2.05) is 19.3 Å². The quantitative estimate of drug-likeness (QED) is 0.776. The molecule has 2 heterocycles. The second kappa shape index (κ2) is 6.10. The SMILES string of the molecule is CCc1ccc(Cn2cc(CNC)c3cccnc32)cc1. The second-order valence-corrected chi connectivity index (χ2v) is 5.36. The number of hydrogen-bond donors (Lipinski definition) is 1. The van der Waals surface area contributed by atoms with Crippen LogP contribution in [-0.2, 0) is 19.5 Å². The van der Waals surface area contributed by atoms with Gasteiger partial charge in [0.25, 0.3) is 0 Å². The highest BCUT2D eigenvalue weighted by molar-refractivity contribution is 5.80. The van der Waals surface area contributed by atoms with E-state index in [0.717, 1.165) is 25.2 Å². The highest BCUT2D eigenvalue weighted by Crippen LogP contribution is 2.20. The lowest BCUT2D eigenvalue weighted by Gasteiger charge is -2.06. The van der Waals surface area contributed by atoms with Crippen molar-refractivity contribution in [1.29, 1.82) is 0 Å². The molecule has 0 saturated heterocycles. The predicted octanol–water partition coefficient (Wildman–Crippen LogP) is 3.37. The molecule has 0 atom stereocenters. The lowest BCUT2D eigenvalue weighted by molar-refractivity contribution is 0.791. The average Bonchev–Trinajstić information content (AvgIpc) is 2.87. The molecule has 0 radical (unpaired) electrons. The fraction of sp³-hybridized carbons (Fsp3) is 0.278. The van der Waals surface area contributed by atoms with Crippen LogP contribution in [0.15, 0.2) is 48.8 Å². The molecule has 0 unspecified atom stereocenters. The molecule has 0 aliphatic rings. The Labute approximate surface area is 125 Å². The molecule has 0 bridgehead atoms. The van der Waals surface area contributed by atoms with E-state index in [0.29, 0.717) is 0 Å². The van der Waals surface area contributed by atoms with Gasteiger partial charge in [-0.3, -0.25) is 0 Å². The van der Waals surface area contributed by atoms with Crippen molar-refractivity contribution in [2.24, 2.45) is 0 Å². The van der Waals surface area contributed by atoms with Crippen LogP contribution < -0.4 is 5.32 Å². The number of benzene rings is 1. The van der Waals surface area contributed by atoms with Gasteiger partial charge < -0.3 is 9.88 Å². The minimum absolute atomic E-state index is 0.862. The van der Waals surface area contributed by atoms with E-state index < -0.39 is 0 Å². The number of pyridine rings is 1. The van der Waals surface area contributed by atoms with Crippen LogP contribution in [0, 0.1) is 0 Å². The van der Waals surface area contributed by atoms with Crippen LogP contribution in [-0.4, -0.2) is 16.6 Å². The van der Waals surface area contributed by atoms with Crippen LogP contribution in [0.1, 0.15) is 23.6 Å². The second-order valence-electron chi connectivity index (χ2n) is 5.36. The van der Waals surface area contributed by atoms with Crippen LogP contribution in [0.3, 0.4) is 0 Å². The lowest BCUT2D eigenvalue weighted by atomic mass is 10.1. The number of aryl methyl sites for hydroxylation is 1. The normalized spacial score (nSPS) is 11.1. The Morgan fingerprint density at radius 2 is 1.86 bits per heavy atom. The summed E-state index contributed by atoms with van der Waals surface area (Å²) < 4.78 is 2.24. The third kappa shape index (κ3) is 2.83. The van der Waals surface area contributed by atoms with E-state index in [1.54, 1.807) is 0 Å². The molecule has 3 heteroatoms.